The fourth-order valence-corrected chi connectivity index (χ4v) is 5.65. The molecule has 1 N–H and O–H groups in total. The van der Waals surface area contributed by atoms with E-state index in [1.165, 1.54) is 10.6 Å². The third-order valence-corrected chi connectivity index (χ3v) is 7.37. The molecule has 9 heteroatoms. The summed E-state index contributed by atoms with van der Waals surface area (Å²) in [6, 6.07) is 5.58. The molecule has 3 aliphatic rings. The van der Waals surface area contributed by atoms with Gasteiger partial charge in [-0.3, -0.25) is 18.8 Å². The van der Waals surface area contributed by atoms with Gasteiger partial charge in [-0.2, -0.15) is 0 Å². The molecule has 1 aliphatic carbocycles. The van der Waals surface area contributed by atoms with Gasteiger partial charge in [0.15, 0.2) is 0 Å². The second-order valence-corrected chi connectivity index (χ2v) is 10.5. The van der Waals surface area contributed by atoms with E-state index < -0.39 is 10.0 Å². The smallest absolute Gasteiger partial charge is 0.253 e. The molecule has 1 aromatic carbocycles. The highest BCUT2D eigenvalue weighted by Gasteiger charge is 2.33. The van der Waals surface area contributed by atoms with Gasteiger partial charge in [-0.25, -0.2) is 8.42 Å². The van der Waals surface area contributed by atoms with Crippen molar-refractivity contribution in [1.82, 2.24) is 15.1 Å². The summed E-state index contributed by atoms with van der Waals surface area (Å²) < 4.78 is 25.6. The molecular formula is C21H30N4O4S. The van der Waals surface area contributed by atoms with Crippen molar-refractivity contribution in [3.8, 4) is 0 Å². The topological polar surface area (TPSA) is 90.0 Å². The van der Waals surface area contributed by atoms with Crippen LogP contribution in [0.2, 0.25) is 0 Å². The van der Waals surface area contributed by atoms with Crippen LogP contribution in [-0.4, -0.2) is 81.1 Å². The van der Waals surface area contributed by atoms with Crippen LogP contribution in [0.5, 0.6) is 0 Å². The molecule has 8 nitrogen and oxygen atoms in total. The molecule has 0 radical (unpaired) electrons. The molecule has 2 heterocycles. The van der Waals surface area contributed by atoms with Crippen molar-refractivity contribution < 1.29 is 18.0 Å². The number of nitrogens with one attached hydrogen (secondary N) is 1. The Morgan fingerprint density at radius 3 is 2.47 bits per heavy atom. The van der Waals surface area contributed by atoms with Gasteiger partial charge in [-0.15, -0.1) is 0 Å². The zero-order valence-corrected chi connectivity index (χ0v) is 18.5. The Morgan fingerprint density at radius 1 is 1.13 bits per heavy atom. The Labute approximate surface area is 178 Å². The largest absolute Gasteiger partial charge is 0.353 e. The number of amides is 2. The molecular weight excluding hydrogens is 404 g/mol. The highest BCUT2D eigenvalue weighted by molar-refractivity contribution is 7.92. The SMILES string of the molecule is C[C@H]1Cc2cc(C(=O)N3CCN(CCC(=O)NC4CC4)CC3)ccc2N1S(C)(=O)=O. The first-order valence-electron chi connectivity index (χ1n) is 10.7. The van der Waals surface area contributed by atoms with Crippen LogP contribution in [0.1, 0.15) is 42.1 Å². The predicted octanol–water partition coefficient (Wildman–Crippen LogP) is 0.824. The molecule has 0 bridgehead atoms. The first-order valence-corrected chi connectivity index (χ1v) is 12.5. The normalized spacial score (nSPS) is 22.1. The molecule has 1 atom stereocenters. The van der Waals surface area contributed by atoms with Crippen molar-refractivity contribution in [3.05, 3.63) is 29.3 Å². The van der Waals surface area contributed by atoms with E-state index in [4.69, 9.17) is 0 Å². The second-order valence-electron chi connectivity index (χ2n) is 8.68. The molecule has 4 rings (SSSR count). The van der Waals surface area contributed by atoms with E-state index >= 15 is 0 Å². The summed E-state index contributed by atoms with van der Waals surface area (Å²) in [4.78, 5) is 28.9. The molecule has 0 aromatic heterocycles. The van der Waals surface area contributed by atoms with Crippen molar-refractivity contribution in [2.45, 2.75) is 44.7 Å². The number of benzene rings is 1. The number of rotatable bonds is 6. The highest BCUT2D eigenvalue weighted by atomic mass is 32.2. The first-order chi connectivity index (χ1) is 14.2. The van der Waals surface area contributed by atoms with Gasteiger partial charge in [0.1, 0.15) is 0 Å². The third kappa shape index (κ3) is 4.62. The van der Waals surface area contributed by atoms with Crippen molar-refractivity contribution in [3.63, 3.8) is 0 Å². The average Bonchev–Trinajstić information content (AvgIpc) is 3.43. The zero-order chi connectivity index (χ0) is 21.5. The van der Waals surface area contributed by atoms with Gasteiger partial charge in [0.25, 0.3) is 5.91 Å². The fraction of sp³-hybridized carbons (Fsp3) is 0.619. The zero-order valence-electron chi connectivity index (χ0n) is 17.6. The van der Waals surface area contributed by atoms with E-state index in [-0.39, 0.29) is 17.9 Å². The quantitative estimate of drug-likeness (QED) is 0.716. The number of hydrogen-bond donors (Lipinski definition) is 1. The molecule has 2 fully saturated rings. The van der Waals surface area contributed by atoms with Crippen LogP contribution in [0.15, 0.2) is 18.2 Å². The lowest BCUT2D eigenvalue weighted by Gasteiger charge is -2.34. The number of carbonyl (C=O) groups is 2. The summed E-state index contributed by atoms with van der Waals surface area (Å²) in [7, 11) is -3.34. The number of sulfonamides is 1. The summed E-state index contributed by atoms with van der Waals surface area (Å²) in [6.07, 6.45) is 4.53. The number of nitrogens with zero attached hydrogens (tertiary/aromatic N) is 3. The van der Waals surface area contributed by atoms with E-state index in [0.717, 1.165) is 38.0 Å². The van der Waals surface area contributed by atoms with Crippen molar-refractivity contribution in [2.24, 2.45) is 0 Å². The summed E-state index contributed by atoms with van der Waals surface area (Å²) in [5, 5.41) is 3.01. The minimum absolute atomic E-state index is 0.0191. The number of piperazine rings is 1. The number of fused-ring (bicyclic) bond motifs is 1. The van der Waals surface area contributed by atoms with E-state index in [1.54, 1.807) is 12.1 Å². The van der Waals surface area contributed by atoms with Crippen LogP contribution in [0.25, 0.3) is 0 Å². The van der Waals surface area contributed by atoms with Crippen LogP contribution >= 0.6 is 0 Å². The maximum atomic E-state index is 13.0. The monoisotopic (exact) mass is 434 g/mol. The lowest BCUT2D eigenvalue weighted by molar-refractivity contribution is -0.121. The Hall–Kier alpha value is -2.13. The van der Waals surface area contributed by atoms with Crippen LogP contribution in [0.4, 0.5) is 5.69 Å². The summed E-state index contributed by atoms with van der Waals surface area (Å²) >= 11 is 0. The minimum atomic E-state index is -3.34. The summed E-state index contributed by atoms with van der Waals surface area (Å²) in [5.41, 5.74) is 2.18. The number of hydrogen-bond acceptors (Lipinski definition) is 5. The van der Waals surface area contributed by atoms with E-state index in [0.29, 0.717) is 43.2 Å². The lowest BCUT2D eigenvalue weighted by Crippen LogP contribution is -2.49. The van der Waals surface area contributed by atoms with Crippen molar-refractivity contribution in [2.75, 3.05) is 43.3 Å². The molecule has 0 unspecified atom stereocenters. The van der Waals surface area contributed by atoms with Gasteiger partial charge in [0.2, 0.25) is 15.9 Å². The molecule has 2 amide bonds. The molecule has 2 aliphatic heterocycles. The van der Waals surface area contributed by atoms with Gasteiger partial charge < -0.3 is 10.2 Å². The van der Waals surface area contributed by atoms with Crippen LogP contribution in [0.3, 0.4) is 0 Å². The van der Waals surface area contributed by atoms with Crippen molar-refractivity contribution >= 4 is 27.5 Å². The standard InChI is InChI=1S/C21H30N4O4S/c1-15-13-17-14-16(3-6-19(17)25(15)30(2,28)29)21(27)24-11-9-23(10-12-24)8-7-20(26)22-18-4-5-18/h3,6,14-15,18H,4-5,7-13H2,1-2H3,(H,22,26)/t15-/m0/s1. The van der Waals surface area contributed by atoms with Crippen LogP contribution in [0, 0.1) is 0 Å². The third-order valence-electron chi connectivity index (χ3n) is 6.09. The second kappa shape index (κ2) is 8.19. The van der Waals surface area contributed by atoms with Gasteiger partial charge >= 0.3 is 0 Å². The van der Waals surface area contributed by atoms with E-state index in [9.17, 15) is 18.0 Å². The maximum absolute atomic E-state index is 13.0. The Balaban J connectivity index is 1.32. The Kier molecular flexibility index (Phi) is 5.76. The lowest BCUT2D eigenvalue weighted by atomic mass is 10.1. The average molecular weight is 435 g/mol. The van der Waals surface area contributed by atoms with Crippen molar-refractivity contribution in [1.29, 1.82) is 0 Å². The molecule has 164 valence electrons. The highest BCUT2D eigenvalue weighted by Crippen LogP contribution is 2.35. The van der Waals surface area contributed by atoms with Crippen LogP contribution in [-0.2, 0) is 21.2 Å². The van der Waals surface area contributed by atoms with Crippen LogP contribution < -0.4 is 9.62 Å². The molecule has 1 saturated heterocycles. The summed E-state index contributed by atoms with van der Waals surface area (Å²) in [5.74, 6) is 0.0981. The summed E-state index contributed by atoms with van der Waals surface area (Å²) in [6.45, 7) is 5.38. The molecule has 30 heavy (non-hydrogen) atoms. The fourth-order valence-electron chi connectivity index (χ4n) is 4.39. The van der Waals surface area contributed by atoms with E-state index in [1.807, 2.05) is 17.9 Å². The Morgan fingerprint density at radius 2 is 1.83 bits per heavy atom. The van der Waals surface area contributed by atoms with Gasteiger partial charge in [-0.05, 0) is 49.9 Å². The van der Waals surface area contributed by atoms with E-state index in [2.05, 4.69) is 10.2 Å². The first kappa shape index (κ1) is 21.1. The number of anilines is 1. The molecule has 0 spiro atoms. The maximum Gasteiger partial charge on any atom is 0.253 e. The van der Waals surface area contributed by atoms with Gasteiger partial charge in [0.05, 0.1) is 11.9 Å². The molecule has 1 aromatic rings. The molecule has 1 saturated carbocycles. The Bertz CT molecular complexity index is 936. The van der Waals surface area contributed by atoms with Gasteiger partial charge in [-0.1, -0.05) is 0 Å². The predicted molar refractivity (Wildman–Crippen MR) is 115 cm³/mol. The minimum Gasteiger partial charge on any atom is -0.353 e. The number of carbonyl (C=O) groups excluding carboxylic acids is 2. The van der Waals surface area contributed by atoms with Gasteiger partial charge in [0, 0.05) is 56.8 Å².